The number of hydrogen-bond acceptors (Lipinski definition) is 4. The van der Waals surface area contributed by atoms with Crippen molar-refractivity contribution < 1.29 is 0 Å². The van der Waals surface area contributed by atoms with Crippen LogP contribution in [0.25, 0.3) is 0 Å². The van der Waals surface area contributed by atoms with Crippen LogP contribution in [0.15, 0.2) is 14.4 Å². The third-order valence-electron chi connectivity index (χ3n) is 3.62. The molecule has 1 aliphatic carbocycles. The Morgan fingerprint density at radius 1 is 1.43 bits per heavy atom. The molecule has 0 atom stereocenters. The number of hydrogen-bond donors (Lipinski definition) is 1. The van der Waals surface area contributed by atoms with Crippen LogP contribution >= 0.6 is 27.7 Å². The van der Waals surface area contributed by atoms with E-state index in [1.165, 1.54) is 0 Å². The Morgan fingerprint density at radius 2 is 2.19 bits per heavy atom. The number of nitrogens with one attached hydrogen (secondary N) is 1. The van der Waals surface area contributed by atoms with Crippen molar-refractivity contribution in [1.82, 2.24) is 24.5 Å². The predicted octanol–water partition coefficient (Wildman–Crippen LogP) is 2.74. The lowest BCUT2D eigenvalue weighted by Crippen LogP contribution is -2.16. The maximum atomic E-state index is 11.8. The maximum Gasteiger partial charge on any atom is 0.344 e. The summed E-state index contributed by atoms with van der Waals surface area (Å²) in [5.74, 6) is 0.748. The molecule has 6 nitrogen and oxygen atoms in total. The van der Waals surface area contributed by atoms with Crippen molar-refractivity contribution in [2.45, 2.75) is 56.6 Å². The van der Waals surface area contributed by atoms with Crippen LogP contribution in [0.3, 0.4) is 0 Å². The summed E-state index contributed by atoms with van der Waals surface area (Å²) in [6.45, 7) is 5.02. The van der Waals surface area contributed by atoms with Crippen molar-refractivity contribution in [3.05, 3.63) is 26.3 Å². The zero-order chi connectivity index (χ0) is 15.0. The Morgan fingerprint density at radius 3 is 2.81 bits per heavy atom. The lowest BCUT2D eigenvalue weighted by Gasteiger charge is -2.06. The molecule has 0 saturated heterocycles. The standard InChI is InChI=1S/C13H18BrN5OS/c1-3-9-11(14)10(18(4-2)17-9)7-21-13-16-15-12(20)19(13)8-5-6-8/h8H,3-7H2,1-2H3,(H,15,20). The van der Waals surface area contributed by atoms with Crippen LogP contribution < -0.4 is 5.69 Å². The van der Waals surface area contributed by atoms with Gasteiger partial charge in [-0.2, -0.15) is 5.10 Å². The summed E-state index contributed by atoms with van der Waals surface area (Å²) in [6.07, 6.45) is 3.05. The molecule has 3 rings (SSSR count). The van der Waals surface area contributed by atoms with E-state index in [2.05, 4.69) is 45.1 Å². The molecular formula is C13H18BrN5OS. The van der Waals surface area contributed by atoms with E-state index in [1.54, 1.807) is 16.3 Å². The number of halogens is 1. The quantitative estimate of drug-likeness (QED) is 0.792. The van der Waals surface area contributed by atoms with Crippen LogP contribution in [0.1, 0.15) is 44.1 Å². The first kappa shape index (κ1) is 14.9. The molecule has 0 radical (unpaired) electrons. The van der Waals surface area contributed by atoms with Gasteiger partial charge < -0.3 is 0 Å². The zero-order valence-corrected chi connectivity index (χ0v) is 14.5. The molecule has 0 amide bonds. The first-order valence-electron chi connectivity index (χ1n) is 7.19. The van der Waals surface area contributed by atoms with Gasteiger partial charge in [0.15, 0.2) is 5.16 Å². The Hall–Kier alpha value is -1.02. The van der Waals surface area contributed by atoms with E-state index in [0.29, 0.717) is 6.04 Å². The van der Waals surface area contributed by atoms with E-state index in [4.69, 9.17) is 0 Å². The minimum atomic E-state index is -0.0997. The molecule has 0 aliphatic heterocycles. The third kappa shape index (κ3) is 2.83. The van der Waals surface area contributed by atoms with Gasteiger partial charge in [-0.3, -0.25) is 9.25 Å². The van der Waals surface area contributed by atoms with Crippen molar-refractivity contribution in [1.29, 1.82) is 0 Å². The molecule has 1 saturated carbocycles. The van der Waals surface area contributed by atoms with Crippen molar-refractivity contribution >= 4 is 27.7 Å². The van der Waals surface area contributed by atoms with E-state index >= 15 is 0 Å². The summed E-state index contributed by atoms with van der Waals surface area (Å²) in [5, 5.41) is 12.1. The molecule has 8 heteroatoms. The van der Waals surface area contributed by atoms with Gasteiger partial charge in [-0.25, -0.2) is 9.89 Å². The second-order valence-corrected chi connectivity index (χ2v) is 6.81. The Kier molecular flexibility index (Phi) is 4.26. The molecule has 0 spiro atoms. The van der Waals surface area contributed by atoms with E-state index < -0.39 is 0 Å². The minimum absolute atomic E-state index is 0.0997. The number of aromatic amines is 1. The second kappa shape index (κ2) is 6.00. The van der Waals surface area contributed by atoms with E-state index in [0.717, 1.165) is 52.6 Å². The van der Waals surface area contributed by atoms with Crippen LogP contribution in [0, 0.1) is 0 Å². The summed E-state index contributed by atoms with van der Waals surface area (Å²) in [6, 6.07) is 0.337. The largest absolute Gasteiger partial charge is 0.344 e. The number of thioether (sulfide) groups is 1. The van der Waals surface area contributed by atoms with Gasteiger partial charge in [-0.05, 0) is 42.1 Å². The molecule has 114 valence electrons. The number of rotatable bonds is 6. The minimum Gasteiger partial charge on any atom is -0.268 e. The van der Waals surface area contributed by atoms with Crippen molar-refractivity contribution in [3.63, 3.8) is 0 Å². The van der Waals surface area contributed by atoms with Crippen molar-refractivity contribution in [2.24, 2.45) is 0 Å². The molecule has 2 aromatic rings. The van der Waals surface area contributed by atoms with Crippen LogP contribution in [-0.4, -0.2) is 24.5 Å². The fraction of sp³-hybridized carbons (Fsp3) is 0.615. The van der Waals surface area contributed by atoms with Crippen LogP contribution in [-0.2, 0) is 18.7 Å². The molecule has 2 aromatic heterocycles. The number of aromatic nitrogens is 5. The highest BCUT2D eigenvalue weighted by atomic mass is 79.9. The molecular weight excluding hydrogens is 354 g/mol. The van der Waals surface area contributed by atoms with Gasteiger partial charge in [-0.15, -0.1) is 5.10 Å². The van der Waals surface area contributed by atoms with Gasteiger partial charge in [0.05, 0.1) is 15.9 Å². The highest BCUT2D eigenvalue weighted by Gasteiger charge is 2.28. The second-order valence-electron chi connectivity index (χ2n) is 5.08. The molecule has 0 aromatic carbocycles. The Bertz CT molecular complexity index is 700. The van der Waals surface area contributed by atoms with Gasteiger partial charge in [0.2, 0.25) is 0 Å². The Balaban J connectivity index is 1.82. The summed E-state index contributed by atoms with van der Waals surface area (Å²) in [4.78, 5) is 11.8. The normalized spacial score (nSPS) is 14.8. The zero-order valence-electron chi connectivity index (χ0n) is 12.1. The van der Waals surface area contributed by atoms with Gasteiger partial charge >= 0.3 is 5.69 Å². The highest BCUT2D eigenvalue weighted by Crippen LogP contribution is 2.37. The van der Waals surface area contributed by atoms with Crippen LogP contribution in [0.5, 0.6) is 0 Å². The average molecular weight is 372 g/mol. The van der Waals surface area contributed by atoms with Crippen LogP contribution in [0.2, 0.25) is 0 Å². The fourth-order valence-electron chi connectivity index (χ4n) is 2.33. The van der Waals surface area contributed by atoms with Crippen LogP contribution in [0.4, 0.5) is 0 Å². The van der Waals surface area contributed by atoms with E-state index in [9.17, 15) is 4.79 Å². The SMILES string of the molecule is CCc1nn(CC)c(CSc2n[nH]c(=O)n2C2CC2)c1Br. The van der Waals surface area contributed by atoms with Gasteiger partial charge in [0.25, 0.3) is 0 Å². The first-order valence-corrected chi connectivity index (χ1v) is 8.97. The lowest BCUT2D eigenvalue weighted by molar-refractivity contribution is 0.625. The first-order chi connectivity index (χ1) is 10.2. The topological polar surface area (TPSA) is 68.5 Å². The number of aryl methyl sites for hydroxylation is 2. The molecule has 21 heavy (non-hydrogen) atoms. The number of H-pyrrole nitrogens is 1. The maximum absolute atomic E-state index is 11.8. The monoisotopic (exact) mass is 371 g/mol. The summed E-state index contributed by atoms with van der Waals surface area (Å²) >= 11 is 5.23. The fourth-order valence-corrected chi connectivity index (χ4v) is 4.27. The van der Waals surface area contributed by atoms with Crippen molar-refractivity contribution in [3.8, 4) is 0 Å². The van der Waals surface area contributed by atoms with Gasteiger partial charge in [-0.1, -0.05) is 18.7 Å². The average Bonchev–Trinajstić information content (AvgIpc) is 3.18. The summed E-state index contributed by atoms with van der Waals surface area (Å²) in [5.41, 5.74) is 2.13. The van der Waals surface area contributed by atoms with E-state index in [1.807, 2.05) is 4.68 Å². The summed E-state index contributed by atoms with van der Waals surface area (Å²) < 4.78 is 4.88. The number of nitrogens with zero attached hydrogens (tertiary/aromatic N) is 4. The van der Waals surface area contributed by atoms with E-state index in [-0.39, 0.29) is 5.69 Å². The molecule has 2 heterocycles. The van der Waals surface area contributed by atoms with Gasteiger partial charge in [0, 0.05) is 18.3 Å². The molecule has 0 bridgehead atoms. The molecule has 1 N–H and O–H groups in total. The smallest absolute Gasteiger partial charge is 0.268 e. The molecule has 0 unspecified atom stereocenters. The molecule has 1 fully saturated rings. The highest BCUT2D eigenvalue weighted by molar-refractivity contribution is 9.10. The van der Waals surface area contributed by atoms with Crippen molar-refractivity contribution in [2.75, 3.05) is 0 Å². The summed E-state index contributed by atoms with van der Waals surface area (Å²) in [7, 11) is 0. The lowest BCUT2D eigenvalue weighted by atomic mass is 10.3. The molecule has 1 aliphatic rings. The predicted molar refractivity (Wildman–Crippen MR) is 85.7 cm³/mol. The Labute approximate surface area is 135 Å². The van der Waals surface area contributed by atoms with Gasteiger partial charge in [0.1, 0.15) is 0 Å². The third-order valence-corrected chi connectivity index (χ3v) is 5.50.